The van der Waals surface area contributed by atoms with Gasteiger partial charge in [0.2, 0.25) is 0 Å². The summed E-state index contributed by atoms with van der Waals surface area (Å²) in [4.78, 5) is 0. The van der Waals surface area contributed by atoms with Gasteiger partial charge in [-0.25, -0.2) is 0 Å². The van der Waals surface area contributed by atoms with Gasteiger partial charge in [-0.2, -0.15) is 0 Å². The van der Waals surface area contributed by atoms with Crippen LogP contribution < -0.4 is 10.6 Å². The van der Waals surface area contributed by atoms with Crippen molar-refractivity contribution in [2.75, 3.05) is 19.6 Å². The molecule has 0 aliphatic carbocycles. The number of hydrogen-bond acceptors (Lipinski definition) is 2. The summed E-state index contributed by atoms with van der Waals surface area (Å²) in [5.74, 6) is 0. The highest BCUT2D eigenvalue weighted by molar-refractivity contribution is 5.26. The van der Waals surface area contributed by atoms with Crippen LogP contribution in [0.5, 0.6) is 0 Å². The number of nitrogens with one attached hydrogen (secondary N) is 2. The smallest absolute Gasteiger partial charge is 0.00678 e. The van der Waals surface area contributed by atoms with Gasteiger partial charge in [0.1, 0.15) is 0 Å². The molecule has 0 saturated carbocycles. The van der Waals surface area contributed by atoms with Crippen LogP contribution in [0.3, 0.4) is 0 Å². The van der Waals surface area contributed by atoms with Crippen LogP contribution in [-0.2, 0) is 5.41 Å². The van der Waals surface area contributed by atoms with Gasteiger partial charge in [-0.15, -0.1) is 0 Å². The van der Waals surface area contributed by atoms with Crippen molar-refractivity contribution in [1.82, 2.24) is 10.6 Å². The Morgan fingerprint density at radius 3 is 2.53 bits per heavy atom. The van der Waals surface area contributed by atoms with Crippen molar-refractivity contribution in [3.05, 3.63) is 35.9 Å². The van der Waals surface area contributed by atoms with E-state index in [9.17, 15) is 0 Å². The summed E-state index contributed by atoms with van der Waals surface area (Å²) in [6.07, 6.45) is 8.02. The average Bonchev–Trinajstić information content (AvgIpc) is 3.01. The first kappa shape index (κ1) is 13.1. The second-order valence-electron chi connectivity index (χ2n) is 6.23. The fourth-order valence-corrected chi connectivity index (χ4v) is 3.83. The third kappa shape index (κ3) is 3.01. The fourth-order valence-electron chi connectivity index (χ4n) is 3.83. The van der Waals surface area contributed by atoms with Crippen LogP contribution in [0, 0.1) is 0 Å². The summed E-state index contributed by atoms with van der Waals surface area (Å²) < 4.78 is 0. The van der Waals surface area contributed by atoms with E-state index in [0.717, 1.165) is 6.04 Å². The predicted molar refractivity (Wildman–Crippen MR) is 80.5 cm³/mol. The van der Waals surface area contributed by atoms with Crippen LogP contribution >= 0.6 is 0 Å². The Hall–Kier alpha value is -0.860. The van der Waals surface area contributed by atoms with E-state index in [4.69, 9.17) is 0 Å². The molecular formula is C17H26N2. The molecule has 0 aromatic heterocycles. The lowest BCUT2D eigenvalue weighted by molar-refractivity contribution is 0.271. The van der Waals surface area contributed by atoms with E-state index in [1.807, 2.05) is 0 Å². The number of rotatable bonds is 4. The van der Waals surface area contributed by atoms with Crippen molar-refractivity contribution >= 4 is 0 Å². The van der Waals surface area contributed by atoms with Crippen LogP contribution in [-0.4, -0.2) is 25.7 Å². The summed E-state index contributed by atoms with van der Waals surface area (Å²) in [7, 11) is 0. The molecular weight excluding hydrogens is 232 g/mol. The Morgan fingerprint density at radius 1 is 1.05 bits per heavy atom. The summed E-state index contributed by atoms with van der Waals surface area (Å²) in [6.45, 7) is 3.57. The molecule has 3 rings (SSSR count). The summed E-state index contributed by atoms with van der Waals surface area (Å²) in [6, 6.07) is 12.0. The maximum atomic E-state index is 3.65. The first-order chi connectivity index (χ1) is 9.39. The molecule has 104 valence electrons. The Bertz CT molecular complexity index is 376. The van der Waals surface area contributed by atoms with Gasteiger partial charge < -0.3 is 10.6 Å². The van der Waals surface area contributed by atoms with Crippen molar-refractivity contribution in [3.8, 4) is 0 Å². The van der Waals surface area contributed by atoms with Crippen LogP contribution in [0.15, 0.2) is 30.3 Å². The molecule has 0 bridgehead atoms. The molecule has 1 aromatic rings. The van der Waals surface area contributed by atoms with Crippen LogP contribution in [0.25, 0.3) is 0 Å². The first-order valence-electron chi connectivity index (χ1n) is 7.89. The third-order valence-electron chi connectivity index (χ3n) is 5.08. The monoisotopic (exact) mass is 258 g/mol. The van der Waals surface area contributed by atoms with Crippen molar-refractivity contribution in [2.24, 2.45) is 0 Å². The van der Waals surface area contributed by atoms with Crippen LogP contribution in [0.4, 0.5) is 0 Å². The summed E-state index contributed by atoms with van der Waals surface area (Å²) in [5, 5.41) is 7.17. The largest absolute Gasteiger partial charge is 0.317 e. The molecule has 2 heterocycles. The van der Waals surface area contributed by atoms with Gasteiger partial charge in [0.15, 0.2) is 0 Å². The lowest BCUT2D eigenvalue weighted by Crippen LogP contribution is -2.40. The zero-order valence-electron chi connectivity index (χ0n) is 11.8. The molecule has 19 heavy (non-hydrogen) atoms. The van der Waals surface area contributed by atoms with E-state index in [2.05, 4.69) is 41.0 Å². The highest BCUT2D eigenvalue weighted by Crippen LogP contribution is 2.38. The molecule has 0 spiro atoms. The minimum atomic E-state index is 0.427. The number of piperidine rings is 1. The SMILES string of the molecule is c1ccc(C2(CCC3CCCN3)CCNCC2)cc1. The standard InChI is InChI=1S/C17H26N2/c1-2-5-15(6-3-1)17(10-13-18-14-11-17)9-8-16-7-4-12-19-16/h1-3,5-6,16,18-19H,4,7-14H2. The van der Waals surface area contributed by atoms with Gasteiger partial charge in [-0.05, 0) is 69.1 Å². The Morgan fingerprint density at radius 2 is 1.84 bits per heavy atom. The molecule has 0 amide bonds. The highest BCUT2D eigenvalue weighted by Gasteiger charge is 2.34. The molecule has 2 aliphatic rings. The van der Waals surface area contributed by atoms with Crippen molar-refractivity contribution in [3.63, 3.8) is 0 Å². The molecule has 1 atom stereocenters. The van der Waals surface area contributed by atoms with Gasteiger partial charge in [-0.3, -0.25) is 0 Å². The Kier molecular flexibility index (Phi) is 4.19. The quantitative estimate of drug-likeness (QED) is 0.868. The maximum Gasteiger partial charge on any atom is 0.00678 e. The van der Waals surface area contributed by atoms with E-state index in [1.54, 1.807) is 5.56 Å². The van der Waals surface area contributed by atoms with E-state index in [0.29, 0.717) is 5.41 Å². The zero-order chi connectivity index (χ0) is 13.0. The topological polar surface area (TPSA) is 24.1 Å². The molecule has 2 N–H and O–H groups in total. The molecule has 2 aliphatic heterocycles. The van der Waals surface area contributed by atoms with E-state index < -0.39 is 0 Å². The van der Waals surface area contributed by atoms with Gasteiger partial charge in [-0.1, -0.05) is 30.3 Å². The van der Waals surface area contributed by atoms with Crippen LogP contribution in [0.1, 0.15) is 44.1 Å². The van der Waals surface area contributed by atoms with Crippen molar-refractivity contribution in [2.45, 2.75) is 50.0 Å². The second kappa shape index (κ2) is 6.06. The van der Waals surface area contributed by atoms with Gasteiger partial charge in [0, 0.05) is 6.04 Å². The van der Waals surface area contributed by atoms with E-state index in [-0.39, 0.29) is 0 Å². The molecule has 1 aromatic carbocycles. The first-order valence-corrected chi connectivity index (χ1v) is 7.89. The summed E-state index contributed by atoms with van der Waals surface area (Å²) in [5.41, 5.74) is 1.99. The molecule has 2 saturated heterocycles. The lowest BCUT2D eigenvalue weighted by atomic mass is 9.69. The van der Waals surface area contributed by atoms with E-state index in [1.165, 1.54) is 58.2 Å². The minimum absolute atomic E-state index is 0.427. The van der Waals surface area contributed by atoms with Crippen molar-refractivity contribution in [1.29, 1.82) is 0 Å². The lowest BCUT2D eigenvalue weighted by Gasteiger charge is -2.39. The third-order valence-corrected chi connectivity index (χ3v) is 5.08. The van der Waals surface area contributed by atoms with Crippen LogP contribution in [0.2, 0.25) is 0 Å². The van der Waals surface area contributed by atoms with Gasteiger partial charge in [0.05, 0.1) is 0 Å². The van der Waals surface area contributed by atoms with E-state index >= 15 is 0 Å². The Labute approximate surface area is 117 Å². The molecule has 2 fully saturated rings. The van der Waals surface area contributed by atoms with Gasteiger partial charge in [0.25, 0.3) is 0 Å². The number of hydrogen-bond donors (Lipinski definition) is 2. The maximum absolute atomic E-state index is 3.65. The van der Waals surface area contributed by atoms with Gasteiger partial charge >= 0.3 is 0 Å². The molecule has 0 radical (unpaired) electrons. The highest BCUT2D eigenvalue weighted by atomic mass is 14.9. The summed E-state index contributed by atoms with van der Waals surface area (Å²) >= 11 is 0. The van der Waals surface area contributed by atoms with Crippen molar-refractivity contribution < 1.29 is 0 Å². The molecule has 1 unspecified atom stereocenters. The predicted octanol–water partition coefficient (Wildman–Crippen LogP) is 2.84. The zero-order valence-corrected chi connectivity index (χ0v) is 11.8. The second-order valence-corrected chi connectivity index (χ2v) is 6.23. The molecule has 2 nitrogen and oxygen atoms in total. The Balaban J connectivity index is 1.72. The fraction of sp³-hybridized carbons (Fsp3) is 0.647. The minimum Gasteiger partial charge on any atom is -0.317 e. The number of benzene rings is 1. The normalized spacial score (nSPS) is 26.4. The average molecular weight is 258 g/mol. The molecule has 2 heteroatoms.